The Morgan fingerprint density at radius 2 is 1.61 bits per heavy atom. The number of nitrogens with zero attached hydrogens (tertiary/aromatic N) is 3. The molecule has 33 heavy (non-hydrogen) atoms. The number of aliphatic imine (C=N–C) groups is 1. The number of nitrogens with one attached hydrogen (secondary N) is 1. The molecule has 1 N–H and O–H groups in total. The van der Waals surface area contributed by atoms with Crippen molar-refractivity contribution in [1.29, 1.82) is 0 Å². The number of amides is 2. The molecule has 0 aliphatic carbocycles. The summed E-state index contributed by atoms with van der Waals surface area (Å²) < 4.78 is 16.0. The van der Waals surface area contributed by atoms with Gasteiger partial charge in [0, 0.05) is 18.8 Å². The van der Waals surface area contributed by atoms with Crippen molar-refractivity contribution < 1.29 is 28.6 Å². The van der Waals surface area contributed by atoms with Crippen molar-refractivity contribution in [2.45, 2.75) is 97.5 Å². The second kappa shape index (κ2) is 15.8. The lowest BCUT2D eigenvalue weighted by atomic mass is 10.1. The first-order valence-electron chi connectivity index (χ1n) is 11.6. The molecule has 0 aliphatic heterocycles. The molecular formula is C23H38N4O6. The van der Waals surface area contributed by atoms with Gasteiger partial charge in [0.05, 0.1) is 0 Å². The first kappa shape index (κ1) is 28.1. The smallest absolute Gasteiger partial charge is 0.439 e. The number of carbonyl (C=O) groups is 3. The Balaban J connectivity index is 2.31. The highest BCUT2D eigenvalue weighted by Gasteiger charge is 2.19. The minimum absolute atomic E-state index is 0.208. The summed E-state index contributed by atoms with van der Waals surface area (Å²) in [4.78, 5) is 39.4. The monoisotopic (exact) mass is 466 g/mol. The van der Waals surface area contributed by atoms with Gasteiger partial charge in [0.25, 0.3) is 0 Å². The summed E-state index contributed by atoms with van der Waals surface area (Å²) in [5.41, 5.74) is -0.733. The van der Waals surface area contributed by atoms with Gasteiger partial charge in [-0.15, -0.1) is 4.99 Å². The van der Waals surface area contributed by atoms with Crippen molar-refractivity contribution in [3.63, 3.8) is 0 Å². The molecule has 2 amide bonds. The van der Waals surface area contributed by atoms with Crippen LogP contribution in [0.4, 0.5) is 9.59 Å². The molecule has 10 heteroatoms. The molecule has 1 aromatic heterocycles. The maximum absolute atomic E-state index is 12.0. The van der Waals surface area contributed by atoms with E-state index < -0.39 is 30.5 Å². The van der Waals surface area contributed by atoms with Crippen molar-refractivity contribution in [2.75, 3.05) is 6.79 Å². The van der Waals surface area contributed by atoms with E-state index in [1.807, 2.05) is 0 Å². The molecule has 0 saturated heterocycles. The molecule has 0 spiro atoms. The number of hydrogen-bond donors (Lipinski definition) is 1. The van der Waals surface area contributed by atoms with E-state index in [1.165, 1.54) is 55.6 Å². The second-order valence-corrected chi connectivity index (χ2v) is 8.64. The molecule has 1 rings (SSSR count). The lowest BCUT2D eigenvalue weighted by Gasteiger charge is -2.19. The third-order valence-corrected chi connectivity index (χ3v) is 4.42. The summed E-state index contributed by atoms with van der Waals surface area (Å²) in [6.07, 6.45) is 11.7. The van der Waals surface area contributed by atoms with Crippen molar-refractivity contribution in [3.8, 4) is 0 Å². The standard InChI is InChI=1S/C23H38N4O6/c1-5-6-7-8-9-10-11-12-13-15-19(28)31-18-32-21(29)25-20(27-17-14-16-24-27)26-22(30)33-23(2,3)4/h14,16-17H,5-13,15,18H2,1-4H3,(H,25,26,29,30). The van der Waals surface area contributed by atoms with Gasteiger partial charge in [-0.1, -0.05) is 58.3 Å². The molecule has 186 valence electrons. The molecule has 10 nitrogen and oxygen atoms in total. The van der Waals surface area contributed by atoms with Crippen molar-refractivity contribution in [3.05, 3.63) is 18.5 Å². The zero-order valence-corrected chi connectivity index (χ0v) is 20.3. The maximum atomic E-state index is 12.0. The van der Waals surface area contributed by atoms with E-state index in [1.54, 1.807) is 26.8 Å². The molecule has 0 saturated carbocycles. The highest BCUT2D eigenvalue weighted by Crippen LogP contribution is 2.11. The van der Waals surface area contributed by atoms with Crippen LogP contribution in [0.3, 0.4) is 0 Å². The van der Waals surface area contributed by atoms with Gasteiger partial charge in [0.2, 0.25) is 12.8 Å². The van der Waals surface area contributed by atoms with Gasteiger partial charge in [-0.3, -0.25) is 10.1 Å². The topological polar surface area (TPSA) is 121 Å². The quantitative estimate of drug-likeness (QED) is 0.148. The predicted octanol–water partition coefficient (Wildman–Crippen LogP) is 5.17. The first-order valence-corrected chi connectivity index (χ1v) is 11.6. The Morgan fingerprint density at radius 3 is 2.18 bits per heavy atom. The Morgan fingerprint density at radius 1 is 0.970 bits per heavy atom. The predicted molar refractivity (Wildman–Crippen MR) is 124 cm³/mol. The molecule has 0 bridgehead atoms. The molecule has 1 heterocycles. The molecule has 0 unspecified atom stereocenters. The van der Waals surface area contributed by atoms with E-state index in [0.29, 0.717) is 0 Å². The minimum Gasteiger partial charge on any atom is -0.444 e. The zero-order valence-electron chi connectivity index (χ0n) is 20.3. The van der Waals surface area contributed by atoms with E-state index in [4.69, 9.17) is 14.2 Å². The zero-order chi connectivity index (χ0) is 24.5. The molecule has 0 fully saturated rings. The number of ether oxygens (including phenoxy) is 3. The molecule has 0 aromatic carbocycles. The van der Waals surface area contributed by atoms with Gasteiger partial charge in [-0.25, -0.2) is 14.3 Å². The van der Waals surface area contributed by atoms with E-state index in [9.17, 15) is 14.4 Å². The Labute approximate surface area is 196 Å². The van der Waals surface area contributed by atoms with Crippen LogP contribution in [0, 0.1) is 0 Å². The minimum atomic E-state index is -1.05. The van der Waals surface area contributed by atoms with Gasteiger partial charge in [-0.2, -0.15) is 5.10 Å². The van der Waals surface area contributed by atoms with Crippen LogP contribution in [0.15, 0.2) is 23.5 Å². The van der Waals surface area contributed by atoms with E-state index >= 15 is 0 Å². The fourth-order valence-electron chi connectivity index (χ4n) is 2.84. The van der Waals surface area contributed by atoms with E-state index in [0.717, 1.165) is 19.3 Å². The molecule has 0 atom stereocenters. The fraction of sp³-hybridized carbons (Fsp3) is 0.696. The highest BCUT2D eigenvalue weighted by atomic mass is 16.7. The van der Waals surface area contributed by atoms with Gasteiger partial charge in [0.15, 0.2) is 0 Å². The Kier molecular flexibility index (Phi) is 13.5. The number of esters is 1. The number of rotatable bonds is 12. The van der Waals surface area contributed by atoms with E-state index in [2.05, 4.69) is 22.3 Å². The number of hydrogen-bond acceptors (Lipinski definition) is 7. The van der Waals surface area contributed by atoms with Crippen molar-refractivity contribution in [2.24, 2.45) is 4.99 Å². The molecule has 0 aliphatic rings. The molecule has 1 aromatic rings. The summed E-state index contributed by atoms with van der Waals surface area (Å²) in [7, 11) is 0. The third kappa shape index (κ3) is 14.7. The second-order valence-electron chi connectivity index (χ2n) is 8.64. The average Bonchev–Trinajstić information content (AvgIpc) is 3.25. The van der Waals surface area contributed by atoms with Crippen molar-refractivity contribution >= 4 is 24.1 Å². The normalized spacial score (nSPS) is 11.7. The summed E-state index contributed by atoms with van der Waals surface area (Å²) in [5.74, 6) is -0.644. The van der Waals surface area contributed by atoms with Gasteiger partial charge >= 0.3 is 18.2 Å². The maximum Gasteiger partial charge on any atom is 0.439 e. The summed E-state index contributed by atoms with van der Waals surface area (Å²) in [6.45, 7) is 6.75. The fourth-order valence-corrected chi connectivity index (χ4v) is 2.84. The van der Waals surface area contributed by atoms with Crippen LogP contribution in [-0.2, 0) is 19.0 Å². The summed E-state index contributed by atoms with van der Waals surface area (Å²) in [6, 6.07) is 1.59. The van der Waals surface area contributed by atoms with Crippen LogP contribution in [0.5, 0.6) is 0 Å². The molecular weight excluding hydrogens is 428 g/mol. The van der Waals surface area contributed by atoms with Crippen LogP contribution in [0.25, 0.3) is 0 Å². The number of aromatic nitrogens is 2. The summed E-state index contributed by atoms with van der Waals surface area (Å²) >= 11 is 0. The van der Waals surface area contributed by atoms with Crippen LogP contribution >= 0.6 is 0 Å². The lowest BCUT2D eigenvalue weighted by molar-refractivity contribution is -0.151. The first-order chi connectivity index (χ1) is 15.7. The Bertz CT molecular complexity index is 741. The average molecular weight is 467 g/mol. The Hall–Kier alpha value is -2.91. The number of unbranched alkanes of at least 4 members (excludes halogenated alkanes) is 8. The third-order valence-electron chi connectivity index (χ3n) is 4.42. The van der Waals surface area contributed by atoms with E-state index in [-0.39, 0.29) is 12.4 Å². The number of alkyl carbamates (subject to hydrolysis) is 1. The van der Waals surface area contributed by atoms with Crippen LogP contribution < -0.4 is 5.32 Å². The number of carbonyl (C=O) groups excluding carboxylic acids is 3. The van der Waals surface area contributed by atoms with Crippen LogP contribution in [0.1, 0.15) is 91.9 Å². The SMILES string of the molecule is CCCCCCCCCCCC(=O)OCOC(=O)N=C(NC(=O)OC(C)(C)C)n1cccn1. The van der Waals surface area contributed by atoms with Gasteiger partial charge in [0.1, 0.15) is 5.60 Å². The van der Waals surface area contributed by atoms with Crippen LogP contribution in [-0.4, -0.2) is 46.3 Å². The summed E-state index contributed by atoms with van der Waals surface area (Å²) in [5, 5.41) is 6.27. The highest BCUT2D eigenvalue weighted by molar-refractivity contribution is 5.99. The molecule has 0 radical (unpaired) electrons. The van der Waals surface area contributed by atoms with Crippen LogP contribution in [0.2, 0.25) is 0 Å². The van der Waals surface area contributed by atoms with Gasteiger partial charge in [-0.05, 0) is 33.3 Å². The lowest BCUT2D eigenvalue weighted by Crippen LogP contribution is -2.40. The van der Waals surface area contributed by atoms with Gasteiger partial charge < -0.3 is 14.2 Å². The van der Waals surface area contributed by atoms with Crippen molar-refractivity contribution in [1.82, 2.24) is 15.1 Å². The largest absolute Gasteiger partial charge is 0.444 e.